The van der Waals surface area contributed by atoms with Gasteiger partial charge in [-0.15, -0.1) is 0 Å². The van der Waals surface area contributed by atoms with Crippen LogP contribution >= 0.6 is 0 Å². The maximum absolute atomic E-state index is 13.1. The predicted molar refractivity (Wildman–Crippen MR) is 118 cm³/mol. The fraction of sp³-hybridized carbons (Fsp3) is 0.217. The summed E-state index contributed by atoms with van der Waals surface area (Å²) in [5.74, 6) is 0.0197. The molecule has 0 aliphatic heterocycles. The van der Waals surface area contributed by atoms with Gasteiger partial charge in [0.15, 0.2) is 0 Å². The lowest BCUT2D eigenvalue weighted by Crippen LogP contribution is -2.37. The highest BCUT2D eigenvalue weighted by Gasteiger charge is 2.21. The van der Waals surface area contributed by atoms with Gasteiger partial charge in [-0.05, 0) is 43.7 Å². The van der Waals surface area contributed by atoms with E-state index < -0.39 is 6.04 Å². The van der Waals surface area contributed by atoms with Crippen LogP contribution in [0.2, 0.25) is 0 Å². The van der Waals surface area contributed by atoms with Crippen molar-refractivity contribution in [1.29, 1.82) is 0 Å². The first-order valence-corrected chi connectivity index (χ1v) is 9.70. The molecule has 0 fully saturated rings. The Labute approximate surface area is 176 Å². The van der Waals surface area contributed by atoms with E-state index in [2.05, 4.69) is 25.9 Å². The monoisotopic (exact) mass is 403 g/mol. The summed E-state index contributed by atoms with van der Waals surface area (Å²) in [5.41, 5.74) is 3.87. The maximum Gasteiger partial charge on any atom is 0.247 e. The van der Waals surface area contributed by atoms with Crippen LogP contribution in [0.15, 0.2) is 60.7 Å². The van der Waals surface area contributed by atoms with Gasteiger partial charge in [0.25, 0.3) is 0 Å². The minimum Gasteiger partial charge on any atom is -0.342 e. The van der Waals surface area contributed by atoms with Gasteiger partial charge >= 0.3 is 0 Å². The molecule has 0 saturated heterocycles. The van der Waals surface area contributed by atoms with Crippen molar-refractivity contribution in [3.63, 3.8) is 0 Å². The number of aryl methyl sites for hydroxylation is 2. The number of anilines is 3. The van der Waals surface area contributed by atoms with Crippen molar-refractivity contribution < 1.29 is 9.59 Å². The van der Waals surface area contributed by atoms with Crippen LogP contribution < -0.4 is 16.0 Å². The Morgan fingerprint density at radius 1 is 0.867 bits per heavy atom. The summed E-state index contributed by atoms with van der Waals surface area (Å²) < 4.78 is 0. The number of carbonyl (C=O) groups is 2. The van der Waals surface area contributed by atoms with E-state index in [0.29, 0.717) is 23.7 Å². The average Bonchev–Trinajstić information content (AvgIpc) is 2.67. The van der Waals surface area contributed by atoms with E-state index in [0.717, 1.165) is 17.0 Å². The highest BCUT2D eigenvalue weighted by Crippen LogP contribution is 2.17. The van der Waals surface area contributed by atoms with Gasteiger partial charge in [0.1, 0.15) is 6.04 Å². The second-order valence-corrected chi connectivity index (χ2v) is 7.11. The van der Waals surface area contributed by atoms with Gasteiger partial charge in [0.05, 0.1) is 0 Å². The van der Waals surface area contributed by atoms with Crippen LogP contribution in [0.1, 0.15) is 23.9 Å². The van der Waals surface area contributed by atoms with E-state index in [9.17, 15) is 9.59 Å². The van der Waals surface area contributed by atoms with Gasteiger partial charge in [0, 0.05) is 36.1 Å². The van der Waals surface area contributed by atoms with Gasteiger partial charge in [-0.3, -0.25) is 9.59 Å². The van der Waals surface area contributed by atoms with Gasteiger partial charge in [-0.1, -0.05) is 36.4 Å². The van der Waals surface area contributed by atoms with Crippen LogP contribution in [-0.2, 0) is 16.0 Å². The number of hydrogen-bond acceptors (Lipinski definition) is 5. The molecule has 2 aromatic carbocycles. The Balaban J connectivity index is 1.81. The van der Waals surface area contributed by atoms with Gasteiger partial charge < -0.3 is 16.0 Å². The number of nitrogens with one attached hydrogen (secondary N) is 3. The summed E-state index contributed by atoms with van der Waals surface area (Å²) in [6.45, 7) is 5.22. The lowest BCUT2D eigenvalue weighted by atomic mass is 10.1. The van der Waals surface area contributed by atoms with Crippen LogP contribution in [-0.4, -0.2) is 27.8 Å². The molecule has 1 atom stereocenters. The smallest absolute Gasteiger partial charge is 0.247 e. The SMILES string of the molecule is CC(=O)Nc1cccc(NC(=O)[C@H](Cc2ccccc2)Nc2nc(C)cc(C)n2)c1. The Morgan fingerprint density at radius 2 is 1.50 bits per heavy atom. The number of rotatable bonds is 7. The molecule has 1 aromatic heterocycles. The van der Waals surface area contributed by atoms with E-state index in [1.165, 1.54) is 6.92 Å². The van der Waals surface area contributed by atoms with E-state index in [-0.39, 0.29) is 11.8 Å². The lowest BCUT2D eigenvalue weighted by molar-refractivity contribution is -0.117. The Hall–Kier alpha value is -3.74. The molecular formula is C23H25N5O2. The molecule has 0 aliphatic carbocycles. The zero-order valence-corrected chi connectivity index (χ0v) is 17.3. The normalized spacial score (nSPS) is 11.4. The molecule has 0 radical (unpaired) electrons. The third-order valence-electron chi connectivity index (χ3n) is 4.34. The first-order valence-electron chi connectivity index (χ1n) is 9.70. The molecule has 154 valence electrons. The number of amides is 2. The van der Waals surface area contributed by atoms with E-state index in [4.69, 9.17) is 0 Å². The van der Waals surface area contributed by atoms with E-state index in [1.54, 1.807) is 24.3 Å². The number of benzene rings is 2. The lowest BCUT2D eigenvalue weighted by Gasteiger charge is -2.19. The van der Waals surface area contributed by atoms with Crippen molar-refractivity contribution in [2.45, 2.75) is 33.2 Å². The van der Waals surface area contributed by atoms with Crippen molar-refractivity contribution >= 4 is 29.1 Å². The second kappa shape index (κ2) is 9.65. The fourth-order valence-electron chi connectivity index (χ4n) is 3.11. The van der Waals surface area contributed by atoms with Crippen molar-refractivity contribution in [2.75, 3.05) is 16.0 Å². The van der Waals surface area contributed by atoms with Gasteiger partial charge in [-0.25, -0.2) is 9.97 Å². The molecular weight excluding hydrogens is 378 g/mol. The third kappa shape index (κ3) is 6.13. The number of nitrogens with zero attached hydrogens (tertiary/aromatic N) is 2. The van der Waals surface area contributed by atoms with Crippen LogP contribution in [0.3, 0.4) is 0 Å². The zero-order valence-electron chi connectivity index (χ0n) is 17.3. The van der Waals surface area contributed by atoms with Crippen molar-refractivity contribution in [2.24, 2.45) is 0 Å². The molecule has 2 amide bonds. The Morgan fingerprint density at radius 3 is 2.13 bits per heavy atom. The quantitative estimate of drug-likeness (QED) is 0.559. The highest BCUT2D eigenvalue weighted by atomic mass is 16.2. The van der Waals surface area contributed by atoms with Crippen molar-refractivity contribution in [3.8, 4) is 0 Å². The third-order valence-corrected chi connectivity index (χ3v) is 4.34. The Kier molecular flexibility index (Phi) is 6.75. The molecule has 0 saturated carbocycles. The summed E-state index contributed by atoms with van der Waals surface area (Å²) in [5, 5.41) is 8.80. The zero-order chi connectivity index (χ0) is 21.5. The minimum atomic E-state index is -0.585. The summed E-state index contributed by atoms with van der Waals surface area (Å²) in [7, 11) is 0. The summed E-state index contributed by atoms with van der Waals surface area (Å²) >= 11 is 0. The summed E-state index contributed by atoms with van der Waals surface area (Å²) in [6.07, 6.45) is 0.467. The molecule has 30 heavy (non-hydrogen) atoms. The molecule has 3 aromatic rings. The fourth-order valence-corrected chi connectivity index (χ4v) is 3.11. The second-order valence-electron chi connectivity index (χ2n) is 7.11. The maximum atomic E-state index is 13.1. The molecule has 7 nitrogen and oxygen atoms in total. The van der Waals surface area contributed by atoms with Crippen LogP contribution in [0.4, 0.5) is 17.3 Å². The van der Waals surface area contributed by atoms with Gasteiger partial charge in [-0.2, -0.15) is 0 Å². The topological polar surface area (TPSA) is 96.0 Å². The van der Waals surface area contributed by atoms with Gasteiger partial charge in [0.2, 0.25) is 17.8 Å². The van der Waals surface area contributed by atoms with Crippen LogP contribution in [0.5, 0.6) is 0 Å². The first-order chi connectivity index (χ1) is 14.4. The number of carbonyl (C=O) groups excluding carboxylic acids is 2. The van der Waals surface area contributed by atoms with Crippen molar-refractivity contribution in [1.82, 2.24) is 9.97 Å². The highest BCUT2D eigenvalue weighted by molar-refractivity contribution is 5.97. The van der Waals surface area contributed by atoms with Crippen LogP contribution in [0, 0.1) is 13.8 Å². The summed E-state index contributed by atoms with van der Waals surface area (Å²) in [6, 6.07) is 18.1. The molecule has 0 aliphatic rings. The molecule has 3 rings (SSSR count). The molecule has 7 heteroatoms. The molecule has 1 heterocycles. The van der Waals surface area contributed by atoms with Crippen molar-refractivity contribution in [3.05, 3.63) is 77.6 Å². The standard InChI is InChI=1S/C23H25N5O2/c1-15-12-16(2)25-23(24-15)28-21(13-18-8-5-4-6-9-18)22(30)27-20-11-7-10-19(14-20)26-17(3)29/h4-12,14,21H,13H2,1-3H3,(H,26,29)(H,27,30)(H,24,25,28)/t21-/m0/s1. The molecule has 3 N–H and O–H groups in total. The minimum absolute atomic E-state index is 0.172. The number of aromatic nitrogens is 2. The van der Waals surface area contributed by atoms with E-state index in [1.807, 2.05) is 50.2 Å². The van der Waals surface area contributed by atoms with Crippen LogP contribution in [0.25, 0.3) is 0 Å². The Bertz CT molecular complexity index is 1020. The molecule has 0 spiro atoms. The summed E-state index contributed by atoms with van der Waals surface area (Å²) in [4.78, 5) is 33.2. The molecule has 0 bridgehead atoms. The molecule has 0 unspecified atom stereocenters. The first kappa shape index (κ1) is 21.0. The average molecular weight is 403 g/mol. The largest absolute Gasteiger partial charge is 0.342 e. The predicted octanol–water partition coefficient (Wildman–Crippen LogP) is 3.71. The van der Waals surface area contributed by atoms with E-state index >= 15 is 0 Å². The number of hydrogen-bond donors (Lipinski definition) is 3.